The molecule has 7 heteroatoms. The molecule has 1 fully saturated rings. The summed E-state index contributed by atoms with van der Waals surface area (Å²) in [5.74, 6) is 3.58. The van der Waals surface area contributed by atoms with Crippen LogP contribution in [-0.4, -0.2) is 40.9 Å². The third kappa shape index (κ3) is 6.64. The van der Waals surface area contributed by atoms with E-state index in [4.69, 9.17) is 0 Å². The lowest BCUT2D eigenvalue weighted by molar-refractivity contribution is 0.282. The number of guanidine groups is 1. The molecule has 0 saturated heterocycles. The number of hydrogen-bond donors (Lipinski definition) is 2. The van der Waals surface area contributed by atoms with E-state index in [1.165, 1.54) is 25.7 Å². The molecule has 0 radical (unpaired) electrons. The van der Waals surface area contributed by atoms with Gasteiger partial charge in [-0.05, 0) is 24.7 Å². The van der Waals surface area contributed by atoms with Gasteiger partial charge in [-0.2, -0.15) is 0 Å². The van der Waals surface area contributed by atoms with E-state index in [0.29, 0.717) is 0 Å². The Balaban J connectivity index is 0.00000264. The van der Waals surface area contributed by atoms with Crippen LogP contribution in [0.25, 0.3) is 0 Å². The molecule has 1 aliphatic carbocycles. The zero-order chi connectivity index (χ0) is 15.8. The highest BCUT2D eigenvalue weighted by molar-refractivity contribution is 14.0. The highest BCUT2D eigenvalue weighted by Crippen LogP contribution is 2.27. The van der Waals surface area contributed by atoms with Gasteiger partial charge in [0.2, 0.25) is 0 Å². The molecule has 2 rings (SSSR count). The fourth-order valence-corrected chi connectivity index (χ4v) is 3.24. The zero-order valence-electron chi connectivity index (χ0n) is 14.6. The van der Waals surface area contributed by atoms with Gasteiger partial charge in [-0.25, -0.2) is 0 Å². The number of hydrogen-bond acceptors (Lipinski definition) is 3. The minimum Gasteiger partial charge on any atom is -0.356 e. The molecule has 1 heterocycles. The van der Waals surface area contributed by atoms with Gasteiger partial charge >= 0.3 is 0 Å². The molecule has 2 N–H and O–H groups in total. The van der Waals surface area contributed by atoms with E-state index in [-0.39, 0.29) is 24.0 Å². The molecule has 0 aromatic carbocycles. The molecule has 1 aliphatic rings. The SMILES string of the molecule is CCc1nncn1CCNC(=NC)NCC1CCCC(C)C1.I. The van der Waals surface area contributed by atoms with E-state index in [1.807, 2.05) is 7.05 Å². The second-order valence-electron chi connectivity index (χ2n) is 6.31. The lowest BCUT2D eigenvalue weighted by Crippen LogP contribution is -2.41. The largest absolute Gasteiger partial charge is 0.356 e. The van der Waals surface area contributed by atoms with Crippen LogP contribution in [0.5, 0.6) is 0 Å². The van der Waals surface area contributed by atoms with Gasteiger partial charge in [0, 0.05) is 33.1 Å². The topological polar surface area (TPSA) is 67.1 Å². The normalized spacial score (nSPS) is 21.6. The van der Waals surface area contributed by atoms with Gasteiger partial charge in [0.05, 0.1) is 0 Å². The van der Waals surface area contributed by atoms with Crippen LogP contribution in [0.4, 0.5) is 0 Å². The van der Waals surface area contributed by atoms with Crippen LogP contribution in [0, 0.1) is 11.8 Å². The molecular weight excluding hydrogens is 403 g/mol. The Morgan fingerprint density at radius 1 is 1.39 bits per heavy atom. The molecule has 1 aromatic rings. The highest BCUT2D eigenvalue weighted by atomic mass is 127. The molecule has 2 atom stereocenters. The molecule has 0 bridgehead atoms. The summed E-state index contributed by atoms with van der Waals surface area (Å²) in [6.45, 7) is 7.17. The number of halogens is 1. The summed E-state index contributed by atoms with van der Waals surface area (Å²) in [6, 6.07) is 0. The average molecular weight is 434 g/mol. The van der Waals surface area contributed by atoms with Crippen molar-refractivity contribution in [3.05, 3.63) is 12.2 Å². The molecule has 1 aromatic heterocycles. The van der Waals surface area contributed by atoms with Crippen LogP contribution in [-0.2, 0) is 13.0 Å². The maximum Gasteiger partial charge on any atom is 0.191 e. The van der Waals surface area contributed by atoms with Gasteiger partial charge in [-0.1, -0.05) is 26.7 Å². The van der Waals surface area contributed by atoms with E-state index >= 15 is 0 Å². The lowest BCUT2D eigenvalue weighted by atomic mass is 9.82. The van der Waals surface area contributed by atoms with Crippen molar-refractivity contribution in [3.63, 3.8) is 0 Å². The van der Waals surface area contributed by atoms with Gasteiger partial charge in [0.15, 0.2) is 5.96 Å². The Hall–Kier alpha value is -0.860. The van der Waals surface area contributed by atoms with Crippen LogP contribution in [0.15, 0.2) is 11.3 Å². The van der Waals surface area contributed by atoms with E-state index < -0.39 is 0 Å². The van der Waals surface area contributed by atoms with E-state index in [0.717, 1.165) is 49.7 Å². The van der Waals surface area contributed by atoms with Crippen molar-refractivity contribution in [2.45, 2.75) is 52.5 Å². The molecule has 23 heavy (non-hydrogen) atoms. The Kier molecular flexibility index (Phi) is 9.50. The maximum atomic E-state index is 4.31. The van der Waals surface area contributed by atoms with Gasteiger partial charge in [-0.15, -0.1) is 34.2 Å². The van der Waals surface area contributed by atoms with E-state index in [9.17, 15) is 0 Å². The summed E-state index contributed by atoms with van der Waals surface area (Å²) in [5.41, 5.74) is 0. The Morgan fingerprint density at radius 2 is 2.22 bits per heavy atom. The van der Waals surface area contributed by atoms with Gasteiger partial charge in [0.25, 0.3) is 0 Å². The standard InChI is InChI=1S/C16H30N6.HI/c1-4-15-21-20-12-22(15)9-8-18-16(17-3)19-11-14-7-5-6-13(2)10-14;/h12-14H,4-11H2,1-3H3,(H2,17,18,19);1H. The molecular formula is C16H31IN6. The minimum atomic E-state index is 0. The second kappa shape index (κ2) is 10.8. The number of aryl methyl sites for hydroxylation is 1. The molecule has 0 amide bonds. The first kappa shape index (κ1) is 20.2. The Morgan fingerprint density at radius 3 is 2.91 bits per heavy atom. The molecule has 0 spiro atoms. The summed E-state index contributed by atoms with van der Waals surface area (Å²) in [6.07, 6.45) is 8.14. The predicted octanol–water partition coefficient (Wildman–Crippen LogP) is 2.45. The van der Waals surface area contributed by atoms with Crippen molar-refractivity contribution in [2.24, 2.45) is 16.8 Å². The van der Waals surface area contributed by atoms with Crippen LogP contribution in [0.1, 0.15) is 45.4 Å². The molecule has 2 unspecified atom stereocenters. The third-order valence-corrected chi connectivity index (χ3v) is 4.48. The first-order valence-electron chi connectivity index (χ1n) is 8.54. The van der Waals surface area contributed by atoms with Crippen molar-refractivity contribution >= 4 is 29.9 Å². The third-order valence-electron chi connectivity index (χ3n) is 4.48. The summed E-state index contributed by atoms with van der Waals surface area (Å²) in [5, 5.41) is 14.9. The van der Waals surface area contributed by atoms with Crippen molar-refractivity contribution in [3.8, 4) is 0 Å². The molecule has 1 saturated carbocycles. The van der Waals surface area contributed by atoms with E-state index in [1.54, 1.807) is 6.33 Å². The predicted molar refractivity (Wildman–Crippen MR) is 105 cm³/mol. The maximum absolute atomic E-state index is 4.31. The monoisotopic (exact) mass is 434 g/mol. The van der Waals surface area contributed by atoms with Gasteiger partial charge in [0.1, 0.15) is 12.2 Å². The quantitative estimate of drug-likeness (QED) is 0.410. The number of nitrogens with one attached hydrogen (secondary N) is 2. The summed E-state index contributed by atoms with van der Waals surface area (Å²) >= 11 is 0. The van der Waals surface area contributed by atoms with Crippen LogP contribution in [0.2, 0.25) is 0 Å². The number of aromatic nitrogens is 3. The second-order valence-corrected chi connectivity index (χ2v) is 6.31. The molecule has 0 aliphatic heterocycles. The number of aliphatic imine (C=N–C) groups is 1. The van der Waals surface area contributed by atoms with E-state index in [2.05, 4.69) is 44.2 Å². The summed E-state index contributed by atoms with van der Waals surface area (Å²) < 4.78 is 2.09. The van der Waals surface area contributed by atoms with Gasteiger partial charge in [-0.3, -0.25) is 4.99 Å². The fourth-order valence-electron chi connectivity index (χ4n) is 3.24. The first-order chi connectivity index (χ1) is 10.7. The van der Waals surface area contributed by atoms with Crippen molar-refractivity contribution < 1.29 is 0 Å². The Labute approximate surface area is 157 Å². The smallest absolute Gasteiger partial charge is 0.191 e. The van der Waals surface area contributed by atoms with Crippen LogP contribution < -0.4 is 10.6 Å². The van der Waals surface area contributed by atoms with Gasteiger partial charge < -0.3 is 15.2 Å². The van der Waals surface area contributed by atoms with Crippen LogP contribution >= 0.6 is 24.0 Å². The van der Waals surface area contributed by atoms with Crippen molar-refractivity contribution in [1.82, 2.24) is 25.4 Å². The Bertz CT molecular complexity index is 473. The van der Waals surface area contributed by atoms with Crippen molar-refractivity contribution in [1.29, 1.82) is 0 Å². The number of nitrogens with zero attached hydrogens (tertiary/aromatic N) is 4. The fraction of sp³-hybridized carbons (Fsp3) is 0.812. The first-order valence-corrected chi connectivity index (χ1v) is 8.54. The minimum absolute atomic E-state index is 0. The average Bonchev–Trinajstić information content (AvgIpc) is 2.98. The zero-order valence-corrected chi connectivity index (χ0v) is 16.9. The summed E-state index contributed by atoms with van der Waals surface area (Å²) in [4.78, 5) is 4.31. The molecule has 132 valence electrons. The highest BCUT2D eigenvalue weighted by Gasteiger charge is 2.18. The lowest BCUT2D eigenvalue weighted by Gasteiger charge is -2.27. The number of rotatable bonds is 6. The summed E-state index contributed by atoms with van der Waals surface area (Å²) in [7, 11) is 1.83. The van der Waals surface area contributed by atoms with Crippen molar-refractivity contribution in [2.75, 3.05) is 20.1 Å². The molecule has 6 nitrogen and oxygen atoms in total. The van der Waals surface area contributed by atoms with Crippen LogP contribution in [0.3, 0.4) is 0 Å².